The Labute approximate surface area is 110 Å². The Balaban J connectivity index is 1.83. The van der Waals surface area contributed by atoms with Gasteiger partial charge in [0.1, 0.15) is 0 Å². The number of likely N-dealkylation sites (N-methyl/N-ethyl adjacent to an activating group) is 1. The summed E-state index contributed by atoms with van der Waals surface area (Å²) in [6.07, 6.45) is 6.26. The van der Waals surface area contributed by atoms with Crippen molar-refractivity contribution >= 4 is 5.91 Å². The summed E-state index contributed by atoms with van der Waals surface area (Å²) >= 11 is 0. The van der Waals surface area contributed by atoms with Gasteiger partial charge in [-0.15, -0.1) is 0 Å². The Bertz CT molecular complexity index is 296. The number of hydrogen-bond acceptors (Lipinski definition) is 3. The molecule has 4 nitrogen and oxygen atoms in total. The van der Waals surface area contributed by atoms with E-state index in [1.54, 1.807) is 0 Å². The van der Waals surface area contributed by atoms with Gasteiger partial charge in [-0.1, -0.05) is 6.42 Å². The molecule has 1 saturated heterocycles. The number of carbonyl (C=O) groups excluding carboxylic acids is 1. The normalized spacial score (nSPS) is 36.6. The van der Waals surface area contributed by atoms with Crippen LogP contribution in [0.4, 0.5) is 0 Å². The Morgan fingerprint density at radius 1 is 1.39 bits per heavy atom. The summed E-state index contributed by atoms with van der Waals surface area (Å²) in [5.74, 6) is 0.748. The van der Waals surface area contributed by atoms with E-state index < -0.39 is 0 Å². The third kappa shape index (κ3) is 3.23. The zero-order chi connectivity index (χ0) is 13.1. The van der Waals surface area contributed by atoms with Crippen molar-refractivity contribution in [1.29, 1.82) is 0 Å². The molecule has 0 aromatic carbocycles. The molecule has 0 spiro atoms. The minimum Gasteiger partial charge on any atom is -0.376 e. The molecule has 18 heavy (non-hydrogen) atoms. The Hall–Kier alpha value is -0.610. The van der Waals surface area contributed by atoms with Crippen molar-refractivity contribution in [1.82, 2.24) is 4.90 Å². The van der Waals surface area contributed by atoms with Gasteiger partial charge in [0.2, 0.25) is 5.91 Å². The summed E-state index contributed by atoms with van der Waals surface area (Å²) < 4.78 is 5.53. The van der Waals surface area contributed by atoms with Crippen LogP contribution in [0.2, 0.25) is 0 Å². The van der Waals surface area contributed by atoms with Gasteiger partial charge in [-0.25, -0.2) is 0 Å². The van der Waals surface area contributed by atoms with Gasteiger partial charge in [-0.2, -0.15) is 0 Å². The topological polar surface area (TPSA) is 55.6 Å². The molecule has 2 fully saturated rings. The molecule has 0 aromatic heterocycles. The first kappa shape index (κ1) is 13.8. The molecule has 1 saturated carbocycles. The van der Waals surface area contributed by atoms with Gasteiger partial charge in [-0.3, -0.25) is 4.79 Å². The van der Waals surface area contributed by atoms with Crippen molar-refractivity contribution in [2.45, 2.75) is 63.6 Å². The average molecular weight is 254 g/mol. The molecular weight excluding hydrogens is 228 g/mol. The quantitative estimate of drug-likeness (QED) is 0.831. The van der Waals surface area contributed by atoms with E-state index in [0.29, 0.717) is 18.4 Å². The number of hydrogen-bond donors (Lipinski definition) is 1. The van der Waals surface area contributed by atoms with Crippen LogP contribution in [0.15, 0.2) is 0 Å². The van der Waals surface area contributed by atoms with Crippen molar-refractivity contribution in [2.75, 3.05) is 13.7 Å². The summed E-state index contributed by atoms with van der Waals surface area (Å²) in [4.78, 5) is 14.2. The smallest absolute Gasteiger partial charge is 0.222 e. The fraction of sp³-hybridized carbons (Fsp3) is 0.929. The van der Waals surface area contributed by atoms with Crippen LogP contribution in [0.5, 0.6) is 0 Å². The van der Waals surface area contributed by atoms with Crippen molar-refractivity contribution in [2.24, 2.45) is 11.7 Å². The average Bonchev–Trinajstić information content (AvgIpc) is 2.74. The van der Waals surface area contributed by atoms with Crippen LogP contribution in [0.1, 0.15) is 45.4 Å². The first-order valence-corrected chi connectivity index (χ1v) is 7.20. The highest BCUT2D eigenvalue weighted by molar-refractivity contribution is 5.76. The first-order valence-electron chi connectivity index (χ1n) is 7.20. The standard InChI is InChI=1S/C14H26N2O2/c1-10-13(6-7-18-10)16(2)14(17)9-11-4-3-5-12(15)8-11/h10-13H,3-9,15H2,1-2H3. The first-order chi connectivity index (χ1) is 8.58. The lowest BCUT2D eigenvalue weighted by atomic mass is 9.84. The van der Waals surface area contributed by atoms with Crippen LogP contribution >= 0.6 is 0 Å². The van der Waals surface area contributed by atoms with Crippen molar-refractivity contribution < 1.29 is 9.53 Å². The van der Waals surface area contributed by atoms with Crippen LogP contribution in [0.25, 0.3) is 0 Å². The molecule has 4 atom stereocenters. The molecule has 0 radical (unpaired) electrons. The lowest BCUT2D eigenvalue weighted by Crippen LogP contribution is -2.42. The molecule has 0 bridgehead atoms. The highest BCUT2D eigenvalue weighted by Gasteiger charge is 2.32. The number of carbonyl (C=O) groups is 1. The molecule has 4 heteroatoms. The minimum atomic E-state index is 0.174. The Morgan fingerprint density at radius 2 is 2.17 bits per heavy atom. The van der Waals surface area contributed by atoms with E-state index in [1.165, 1.54) is 6.42 Å². The number of nitrogens with two attached hydrogens (primary N) is 1. The fourth-order valence-corrected chi connectivity index (χ4v) is 3.32. The van der Waals surface area contributed by atoms with E-state index in [1.807, 2.05) is 11.9 Å². The van der Waals surface area contributed by atoms with Crippen LogP contribution in [-0.4, -0.2) is 42.6 Å². The SMILES string of the molecule is CC1OCCC1N(C)C(=O)CC1CCCC(N)C1. The molecule has 1 amide bonds. The second-order valence-electron chi connectivity index (χ2n) is 5.93. The van der Waals surface area contributed by atoms with Crippen molar-refractivity contribution in [3.8, 4) is 0 Å². The molecule has 2 rings (SSSR count). The van der Waals surface area contributed by atoms with E-state index in [4.69, 9.17) is 10.5 Å². The van der Waals surface area contributed by atoms with Crippen LogP contribution in [0.3, 0.4) is 0 Å². The maximum atomic E-state index is 12.3. The maximum absolute atomic E-state index is 12.3. The van der Waals surface area contributed by atoms with Gasteiger partial charge in [0, 0.05) is 26.1 Å². The highest BCUT2D eigenvalue weighted by atomic mass is 16.5. The van der Waals surface area contributed by atoms with Gasteiger partial charge in [-0.05, 0) is 38.5 Å². The summed E-state index contributed by atoms with van der Waals surface area (Å²) in [6.45, 7) is 2.83. The van der Waals surface area contributed by atoms with Crippen LogP contribution in [0, 0.1) is 5.92 Å². The fourth-order valence-electron chi connectivity index (χ4n) is 3.32. The number of nitrogens with zero attached hydrogens (tertiary/aromatic N) is 1. The molecule has 2 aliphatic rings. The predicted octanol–water partition coefficient (Wildman–Crippen LogP) is 1.53. The second kappa shape index (κ2) is 6.02. The van der Waals surface area contributed by atoms with E-state index in [9.17, 15) is 4.79 Å². The van der Waals surface area contributed by atoms with Gasteiger partial charge in [0.25, 0.3) is 0 Å². The third-order valence-electron chi connectivity index (χ3n) is 4.51. The lowest BCUT2D eigenvalue weighted by molar-refractivity contribution is -0.134. The molecule has 4 unspecified atom stereocenters. The van der Waals surface area contributed by atoms with E-state index >= 15 is 0 Å². The van der Waals surface area contributed by atoms with Gasteiger partial charge < -0.3 is 15.4 Å². The number of ether oxygens (including phenoxy) is 1. The van der Waals surface area contributed by atoms with Crippen molar-refractivity contribution in [3.63, 3.8) is 0 Å². The summed E-state index contributed by atoms with van der Waals surface area (Å²) in [5.41, 5.74) is 5.98. The Kier molecular flexibility index (Phi) is 4.62. The zero-order valence-corrected chi connectivity index (χ0v) is 11.6. The van der Waals surface area contributed by atoms with Gasteiger partial charge in [0.15, 0.2) is 0 Å². The number of rotatable bonds is 3. The summed E-state index contributed by atoms with van der Waals surface area (Å²) in [7, 11) is 1.92. The summed E-state index contributed by atoms with van der Waals surface area (Å²) in [5, 5.41) is 0. The van der Waals surface area contributed by atoms with Gasteiger partial charge >= 0.3 is 0 Å². The van der Waals surface area contributed by atoms with Gasteiger partial charge in [0.05, 0.1) is 12.1 Å². The molecule has 1 aliphatic heterocycles. The van der Waals surface area contributed by atoms with Crippen molar-refractivity contribution in [3.05, 3.63) is 0 Å². The van der Waals surface area contributed by atoms with E-state index in [2.05, 4.69) is 6.92 Å². The largest absolute Gasteiger partial charge is 0.376 e. The maximum Gasteiger partial charge on any atom is 0.222 e. The monoisotopic (exact) mass is 254 g/mol. The number of amides is 1. The molecule has 1 aliphatic carbocycles. The molecule has 2 N–H and O–H groups in total. The molecule has 104 valence electrons. The lowest BCUT2D eigenvalue weighted by Gasteiger charge is -2.31. The highest BCUT2D eigenvalue weighted by Crippen LogP contribution is 2.27. The summed E-state index contributed by atoms with van der Waals surface area (Å²) in [6, 6.07) is 0.561. The molecule has 1 heterocycles. The molecular formula is C14H26N2O2. The minimum absolute atomic E-state index is 0.174. The van der Waals surface area contributed by atoms with Crippen LogP contribution < -0.4 is 5.73 Å². The predicted molar refractivity (Wildman–Crippen MR) is 71.1 cm³/mol. The molecule has 0 aromatic rings. The third-order valence-corrected chi connectivity index (χ3v) is 4.51. The van der Waals surface area contributed by atoms with Crippen LogP contribution in [-0.2, 0) is 9.53 Å². The van der Waals surface area contributed by atoms with E-state index in [-0.39, 0.29) is 18.1 Å². The Morgan fingerprint density at radius 3 is 2.78 bits per heavy atom. The van der Waals surface area contributed by atoms with E-state index in [0.717, 1.165) is 32.3 Å². The zero-order valence-electron chi connectivity index (χ0n) is 11.6. The second-order valence-corrected chi connectivity index (χ2v) is 5.93.